The summed E-state index contributed by atoms with van der Waals surface area (Å²) in [6.45, 7) is 10.7. The van der Waals surface area contributed by atoms with Gasteiger partial charge in [-0.2, -0.15) is 9.97 Å². The number of morpholine rings is 1. The van der Waals surface area contributed by atoms with Gasteiger partial charge in [0, 0.05) is 56.8 Å². The third-order valence-corrected chi connectivity index (χ3v) is 9.40. The number of carbonyl (C=O) groups excluding carboxylic acids is 1. The molecule has 1 unspecified atom stereocenters. The summed E-state index contributed by atoms with van der Waals surface area (Å²) >= 11 is 6.41. The van der Waals surface area contributed by atoms with Crippen LogP contribution in [0.3, 0.4) is 0 Å². The molecule has 5 rings (SSSR count). The molecule has 0 radical (unpaired) electrons. The zero-order valence-corrected chi connectivity index (χ0v) is 27.9. The number of anilines is 1. The highest BCUT2D eigenvalue weighted by molar-refractivity contribution is 6.36. The first-order valence-electron chi connectivity index (χ1n) is 15.6. The molecular formula is C34H40ClF3N6O3. The minimum atomic E-state index is -1.06. The molecule has 2 saturated heterocycles. The van der Waals surface area contributed by atoms with E-state index in [0.717, 1.165) is 25.9 Å². The topological polar surface area (TPSA) is 83.1 Å². The number of amides is 1. The lowest BCUT2D eigenvalue weighted by Gasteiger charge is -2.41. The fraction of sp³-hybridized carbons (Fsp3) is 0.441. The third-order valence-electron chi connectivity index (χ3n) is 9.03. The quantitative estimate of drug-likeness (QED) is 0.244. The molecule has 252 valence electrons. The van der Waals surface area contributed by atoms with Crippen LogP contribution in [0.25, 0.3) is 22.3 Å². The number of halogens is 4. The largest absolute Gasteiger partial charge is 0.461 e. The van der Waals surface area contributed by atoms with E-state index in [4.69, 9.17) is 26.1 Å². The van der Waals surface area contributed by atoms with Crippen LogP contribution in [0.4, 0.5) is 19.0 Å². The average molecular weight is 673 g/mol. The van der Waals surface area contributed by atoms with Crippen molar-refractivity contribution in [1.82, 2.24) is 25.1 Å². The standard InChI is InChI=1S/C34H40ClF3N6O3/c1-6-43(16-15-42(5)32(45)22(3)36)31-21(2)29(40-33(41-31)47-20-34-13-8-14-44(34)17-18-46-19-34)28(38)30(39-4)24-10-7-9-23-11-12-25(37)27(35)26(23)24/h7,9-12,39H,3,6,8,13-20H2,1-2,4-5H3/b30-28+. The number of fused-ring (bicyclic) bond motifs is 2. The van der Waals surface area contributed by atoms with Gasteiger partial charge in [-0.15, -0.1) is 0 Å². The van der Waals surface area contributed by atoms with E-state index in [-0.39, 0.29) is 47.7 Å². The van der Waals surface area contributed by atoms with E-state index < -0.39 is 23.4 Å². The van der Waals surface area contributed by atoms with Gasteiger partial charge in [-0.1, -0.05) is 42.4 Å². The Balaban J connectivity index is 1.60. The summed E-state index contributed by atoms with van der Waals surface area (Å²) in [5, 5.41) is 3.81. The molecule has 2 aliphatic rings. The lowest BCUT2D eigenvalue weighted by molar-refractivity contribution is -0.127. The molecule has 3 heterocycles. The van der Waals surface area contributed by atoms with E-state index in [1.54, 1.807) is 38.2 Å². The number of likely N-dealkylation sites (N-methyl/N-ethyl adjacent to an activating group) is 2. The fourth-order valence-electron chi connectivity index (χ4n) is 6.41. The minimum Gasteiger partial charge on any atom is -0.461 e. The Morgan fingerprint density at radius 2 is 2.00 bits per heavy atom. The molecule has 3 aromatic rings. The molecule has 2 aliphatic heterocycles. The van der Waals surface area contributed by atoms with E-state index >= 15 is 4.39 Å². The molecule has 1 N–H and O–H groups in total. The maximum atomic E-state index is 16.9. The zero-order chi connectivity index (χ0) is 33.9. The summed E-state index contributed by atoms with van der Waals surface area (Å²) in [6.07, 6.45) is 1.90. The molecule has 2 aromatic carbocycles. The summed E-state index contributed by atoms with van der Waals surface area (Å²) in [6, 6.07) is 8.01. The molecular weight excluding hydrogens is 633 g/mol. The number of ether oxygens (including phenoxy) is 2. The normalized spacial score (nSPS) is 18.5. The van der Waals surface area contributed by atoms with Crippen molar-refractivity contribution in [3.63, 3.8) is 0 Å². The Bertz CT molecular complexity index is 1710. The molecule has 1 amide bonds. The maximum Gasteiger partial charge on any atom is 0.319 e. The molecule has 47 heavy (non-hydrogen) atoms. The predicted molar refractivity (Wildman–Crippen MR) is 178 cm³/mol. The monoisotopic (exact) mass is 672 g/mol. The van der Waals surface area contributed by atoms with Crippen molar-refractivity contribution in [2.45, 2.75) is 32.2 Å². The number of aromatic nitrogens is 2. The van der Waals surface area contributed by atoms with Crippen molar-refractivity contribution in [3.8, 4) is 6.01 Å². The minimum absolute atomic E-state index is 0.0278. The van der Waals surface area contributed by atoms with Gasteiger partial charge >= 0.3 is 6.01 Å². The van der Waals surface area contributed by atoms with Gasteiger partial charge in [0.25, 0.3) is 5.91 Å². The first-order valence-corrected chi connectivity index (χ1v) is 16.0. The van der Waals surface area contributed by atoms with Crippen LogP contribution in [0.2, 0.25) is 5.02 Å². The Morgan fingerprint density at radius 1 is 1.21 bits per heavy atom. The Labute approximate surface area is 278 Å². The second kappa shape index (κ2) is 14.5. The van der Waals surface area contributed by atoms with Crippen molar-refractivity contribution >= 4 is 45.6 Å². The molecule has 9 nitrogen and oxygen atoms in total. The number of rotatable bonds is 12. The van der Waals surface area contributed by atoms with Crippen molar-refractivity contribution < 1.29 is 27.4 Å². The second-order valence-electron chi connectivity index (χ2n) is 11.9. The molecule has 0 spiro atoms. The van der Waals surface area contributed by atoms with Crippen LogP contribution < -0.4 is 15.0 Å². The number of nitrogens with zero attached hydrogens (tertiary/aromatic N) is 5. The number of carbonyl (C=O) groups is 1. The Hall–Kier alpha value is -3.87. The highest BCUT2D eigenvalue weighted by Crippen LogP contribution is 2.38. The van der Waals surface area contributed by atoms with Gasteiger partial charge in [-0.3, -0.25) is 9.69 Å². The Kier molecular flexibility index (Phi) is 10.6. The summed E-state index contributed by atoms with van der Waals surface area (Å²) in [7, 11) is 3.04. The van der Waals surface area contributed by atoms with Crippen LogP contribution in [0.1, 0.15) is 36.6 Å². The molecule has 2 fully saturated rings. The van der Waals surface area contributed by atoms with Gasteiger partial charge in [-0.25, -0.2) is 13.2 Å². The van der Waals surface area contributed by atoms with Crippen molar-refractivity contribution in [1.29, 1.82) is 0 Å². The summed E-state index contributed by atoms with van der Waals surface area (Å²) in [5.41, 5.74) is 0.460. The van der Waals surface area contributed by atoms with E-state index in [2.05, 4.69) is 21.8 Å². The summed E-state index contributed by atoms with van der Waals surface area (Å²) in [5.74, 6) is -2.83. The van der Waals surface area contributed by atoms with E-state index in [1.807, 2.05) is 11.8 Å². The average Bonchev–Trinajstić information content (AvgIpc) is 3.50. The van der Waals surface area contributed by atoms with E-state index in [9.17, 15) is 13.6 Å². The van der Waals surface area contributed by atoms with Crippen LogP contribution in [0, 0.1) is 12.7 Å². The molecule has 0 aliphatic carbocycles. The van der Waals surface area contributed by atoms with Crippen LogP contribution in [-0.2, 0) is 9.53 Å². The van der Waals surface area contributed by atoms with Crippen LogP contribution in [-0.4, -0.2) is 97.9 Å². The predicted octanol–water partition coefficient (Wildman–Crippen LogP) is 5.76. The van der Waals surface area contributed by atoms with Crippen molar-refractivity contribution in [2.24, 2.45) is 0 Å². The SMILES string of the molecule is C=C(F)C(=O)N(C)CCN(CC)c1nc(OCC23CCCN2CCOC3)nc(/C(F)=C(\NC)c2cccc3ccc(F)c(Cl)c23)c1C. The third kappa shape index (κ3) is 6.90. The maximum absolute atomic E-state index is 16.9. The summed E-state index contributed by atoms with van der Waals surface area (Å²) in [4.78, 5) is 26.9. The lowest BCUT2D eigenvalue weighted by Crippen LogP contribution is -2.56. The number of nitrogens with one attached hydrogen (secondary N) is 1. The molecule has 1 aromatic heterocycles. The van der Waals surface area contributed by atoms with Gasteiger partial charge in [0.05, 0.1) is 29.5 Å². The van der Waals surface area contributed by atoms with Crippen LogP contribution in [0.5, 0.6) is 6.01 Å². The number of benzene rings is 2. The van der Waals surface area contributed by atoms with E-state index in [1.165, 1.54) is 18.0 Å². The molecule has 0 saturated carbocycles. The van der Waals surface area contributed by atoms with Crippen LogP contribution in [0.15, 0.2) is 42.7 Å². The number of hydrogen-bond donors (Lipinski definition) is 1. The molecule has 13 heteroatoms. The van der Waals surface area contributed by atoms with Gasteiger partial charge in [0.2, 0.25) is 0 Å². The van der Waals surface area contributed by atoms with Crippen molar-refractivity contribution in [2.75, 3.05) is 71.5 Å². The highest BCUT2D eigenvalue weighted by Gasteiger charge is 2.44. The first-order chi connectivity index (χ1) is 22.5. The van der Waals surface area contributed by atoms with Gasteiger partial charge < -0.3 is 24.6 Å². The Morgan fingerprint density at radius 3 is 2.72 bits per heavy atom. The molecule has 0 bridgehead atoms. The number of hydrogen-bond acceptors (Lipinski definition) is 8. The highest BCUT2D eigenvalue weighted by atomic mass is 35.5. The summed E-state index contributed by atoms with van der Waals surface area (Å²) < 4.78 is 57.2. The zero-order valence-electron chi connectivity index (χ0n) is 27.1. The molecule has 1 atom stereocenters. The van der Waals surface area contributed by atoms with E-state index in [0.29, 0.717) is 47.5 Å². The fourth-order valence-corrected chi connectivity index (χ4v) is 6.68. The smallest absolute Gasteiger partial charge is 0.319 e. The lowest BCUT2D eigenvalue weighted by atomic mass is 9.97. The first kappa shape index (κ1) is 34.5. The van der Waals surface area contributed by atoms with Gasteiger partial charge in [0.1, 0.15) is 23.9 Å². The van der Waals surface area contributed by atoms with Gasteiger partial charge in [0.15, 0.2) is 11.7 Å². The van der Waals surface area contributed by atoms with Gasteiger partial charge in [-0.05, 0) is 44.7 Å². The second-order valence-corrected chi connectivity index (χ2v) is 12.3. The van der Waals surface area contributed by atoms with Crippen molar-refractivity contribution in [3.05, 3.63) is 70.4 Å². The van der Waals surface area contributed by atoms with Crippen LogP contribution >= 0.6 is 11.6 Å².